The lowest BCUT2D eigenvalue weighted by atomic mass is 9.82. The fraction of sp³-hybridized carbons (Fsp3) is 0.457. The monoisotopic (exact) mass is 567 g/mol. The van der Waals surface area contributed by atoms with E-state index >= 15 is 0 Å². The maximum atomic E-state index is 13.5. The number of aromatic nitrogens is 1. The molecule has 1 N–H and O–H groups in total. The van der Waals surface area contributed by atoms with Gasteiger partial charge in [0, 0.05) is 49.3 Å². The number of aryl methyl sites for hydroxylation is 3. The minimum atomic E-state index is -0.255. The van der Waals surface area contributed by atoms with Gasteiger partial charge in [-0.1, -0.05) is 23.8 Å². The summed E-state index contributed by atoms with van der Waals surface area (Å²) in [6.45, 7) is 4.28. The molecular formula is C35H41N3O4. The standard InChI is InChI=1S/C35H41N3O4/c1-23-6-11-31-27(18-23)14-17-38(31)35(41)29-21-33(36-34(40)22-29)37-15-12-24(13-16-37)19-28-8-7-26-20-30(42-2)10-9-25(26)4-3-5-32(28)39/h6,9-11,18,20-22,24,28H,3-5,7-8,12-17,19H2,1-2H3,(H,36,40)/t28-/m0/s1. The minimum absolute atomic E-state index is 0.0894. The van der Waals surface area contributed by atoms with Gasteiger partial charge in [0.05, 0.1) is 7.11 Å². The number of ketones is 1. The van der Waals surface area contributed by atoms with Crippen molar-refractivity contribution in [3.05, 3.63) is 86.7 Å². The molecule has 0 unspecified atom stereocenters. The number of Topliss-reactive ketones (excluding diaryl/α,β-unsaturated/α-hetero) is 1. The van der Waals surface area contributed by atoms with Gasteiger partial charge in [-0.3, -0.25) is 14.4 Å². The number of fused-ring (bicyclic) bond motifs is 2. The average molecular weight is 568 g/mol. The molecule has 1 fully saturated rings. The molecule has 0 radical (unpaired) electrons. The van der Waals surface area contributed by atoms with Gasteiger partial charge in [-0.2, -0.15) is 0 Å². The van der Waals surface area contributed by atoms with Gasteiger partial charge in [-0.25, -0.2) is 0 Å². The SMILES string of the molecule is COc1ccc2c(c1)CC[C@@H](CC1CCN(c3cc(C(=O)N4CCc5cc(C)ccc54)cc(=O)[nH]3)CC1)C(=O)CCC2. The number of rotatable bonds is 5. The Hall–Kier alpha value is -3.87. The van der Waals surface area contributed by atoms with E-state index in [1.807, 2.05) is 24.3 Å². The molecule has 2 aromatic carbocycles. The van der Waals surface area contributed by atoms with Gasteiger partial charge in [-0.15, -0.1) is 0 Å². The molecule has 6 rings (SSSR count). The predicted octanol–water partition coefficient (Wildman–Crippen LogP) is 5.66. The van der Waals surface area contributed by atoms with Crippen molar-refractivity contribution in [3.63, 3.8) is 0 Å². The fourth-order valence-electron chi connectivity index (χ4n) is 7.13. The number of hydrogen-bond acceptors (Lipinski definition) is 5. The summed E-state index contributed by atoms with van der Waals surface area (Å²) in [5, 5.41) is 0. The molecule has 220 valence electrons. The molecule has 0 saturated carbocycles. The van der Waals surface area contributed by atoms with Gasteiger partial charge >= 0.3 is 0 Å². The van der Waals surface area contributed by atoms with Crippen LogP contribution in [0.2, 0.25) is 0 Å². The van der Waals surface area contributed by atoms with Crippen LogP contribution < -0.4 is 20.1 Å². The molecule has 1 atom stereocenters. The summed E-state index contributed by atoms with van der Waals surface area (Å²) in [6.07, 6.45) is 7.98. The number of H-pyrrole nitrogens is 1. The van der Waals surface area contributed by atoms with Crippen molar-refractivity contribution in [2.45, 2.75) is 64.7 Å². The van der Waals surface area contributed by atoms with Gasteiger partial charge in [0.15, 0.2) is 0 Å². The Kier molecular flexibility index (Phi) is 8.18. The number of nitrogens with one attached hydrogen (secondary N) is 1. The number of ether oxygens (including phenoxy) is 1. The number of nitrogens with zero attached hydrogens (tertiary/aromatic N) is 2. The van der Waals surface area contributed by atoms with Crippen molar-refractivity contribution in [3.8, 4) is 5.75 Å². The first-order valence-electron chi connectivity index (χ1n) is 15.5. The molecular weight excluding hydrogens is 526 g/mol. The second-order valence-electron chi connectivity index (χ2n) is 12.3. The molecule has 3 heterocycles. The Labute approximate surface area is 247 Å². The zero-order chi connectivity index (χ0) is 29.2. The second-order valence-corrected chi connectivity index (χ2v) is 12.3. The summed E-state index contributed by atoms with van der Waals surface area (Å²) in [7, 11) is 1.70. The van der Waals surface area contributed by atoms with E-state index in [-0.39, 0.29) is 17.4 Å². The smallest absolute Gasteiger partial charge is 0.258 e. The molecule has 7 nitrogen and oxygen atoms in total. The Morgan fingerprint density at radius 3 is 2.52 bits per heavy atom. The van der Waals surface area contributed by atoms with Gasteiger partial charge in [0.2, 0.25) is 5.56 Å². The van der Waals surface area contributed by atoms with Crippen LogP contribution in [0.4, 0.5) is 11.5 Å². The summed E-state index contributed by atoms with van der Waals surface area (Å²) in [4.78, 5) is 46.3. The first-order chi connectivity index (χ1) is 20.4. The number of piperidine rings is 1. The van der Waals surface area contributed by atoms with Crippen LogP contribution in [0.1, 0.15) is 71.1 Å². The van der Waals surface area contributed by atoms with E-state index in [4.69, 9.17) is 4.74 Å². The first kappa shape index (κ1) is 28.3. The summed E-state index contributed by atoms with van der Waals surface area (Å²) in [6, 6.07) is 15.8. The molecule has 42 heavy (non-hydrogen) atoms. The summed E-state index contributed by atoms with van der Waals surface area (Å²) >= 11 is 0. The molecule has 0 bridgehead atoms. The van der Waals surface area contributed by atoms with Crippen molar-refractivity contribution in [1.29, 1.82) is 0 Å². The normalized spacial score (nSPS) is 19.5. The van der Waals surface area contributed by atoms with E-state index in [0.29, 0.717) is 36.0 Å². The highest BCUT2D eigenvalue weighted by Crippen LogP contribution is 2.33. The van der Waals surface area contributed by atoms with E-state index < -0.39 is 0 Å². The third-order valence-electron chi connectivity index (χ3n) is 9.53. The topological polar surface area (TPSA) is 82.7 Å². The zero-order valence-electron chi connectivity index (χ0n) is 24.8. The number of amides is 1. The number of carbonyl (C=O) groups excluding carboxylic acids is 2. The van der Waals surface area contributed by atoms with Crippen LogP contribution >= 0.6 is 0 Å². The van der Waals surface area contributed by atoms with Crippen molar-refractivity contribution < 1.29 is 14.3 Å². The van der Waals surface area contributed by atoms with Gasteiger partial charge in [-0.05, 0) is 105 Å². The van der Waals surface area contributed by atoms with Crippen LogP contribution in [-0.2, 0) is 24.1 Å². The largest absolute Gasteiger partial charge is 0.497 e. The quantitative estimate of drug-likeness (QED) is 0.431. The third kappa shape index (κ3) is 6.01. The molecule has 1 saturated heterocycles. The number of carbonyl (C=O) groups is 2. The Bertz CT molecular complexity index is 1540. The van der Waals surface area contributed by atoms with Gasteiger partial charge in [0.25, 0.3) is 5.91 Å². The van der Waals surface area contributed by atoms with E-state index in [0.717, 1.165) is 75.9 Å². The summed E-state index contributed by atoms with van der Waals surface area (Å²) in [5.41, 5.74) is 6.14. The van der Waals surface area contributed by atoms with E-state index in [1.165, 1.54) is 28.3 Å². The lowest BCUT2D eigenvalue weighted by Crippen LogP contribution is -2.37. The minimum Gasteiger partial charge on any atom is -0.497 e. The van der Waals surface area contributed by atoms with Crippen LogP contribution in [-0.4, -0.2) is 43.4 Å². The maximum Gasteiger partial charge on any atom is 0.258 e. The molecule has 7 heteroatoms. The van der Waals surface area contributed by atoms with Gasteiger partial charge < -0.3 is 19.5 Å². The molecule has 0 spiro atoms. The Balaban J connectivity index is 1.09. The number of pyridine rings is 1. The van der Waals surface area contributed by atoms with E-state index in [1.54, 1.807) is 12.0 Å². The Morgan fingerprint density at radius 2 is 1.71 bits per heavy atom. The van der Waals surface area contributed by atoms with Crippen LogP contribution in [0.15, 0.2) is 53.3 Å². The number of anilines is 2. The molecule has 1 aliphatic carbocycles. The van der Waals surface area contributed by atoms with Crippen molar-refractivity contribution in [2.24, 2.45) is 11.8 Å². The second kappa shape index (κ2) is 12.2. The van der Waals surface area contributed by atoms with Crippen LogP contribution in [0, 0.1) is 18.8 Å². The number of aromatic amines is 1. The van der Waals surface area contributed by atoms with Crippen LogP contribution in [0.3, 0.4) is 0 Å². The molecule has 2 aliphatic heterocycles. The Morgan fingerprint density at radius 1 is 0.881 bits per heavy atom. The van der Waals surface area contributed by atoms with Crippen LogP contribution in [0.5, 0.6) is 5.75 Å². The fourth-order valence-corrected chi connectivity index (χ4v) is 7.13. The average Bonchev–Trinajstić information content (AvgIpc) is 3.44. The molecule has 1 aromatic heterocycles. The van der Waals surface area contributed by atoms with E-state index in [2.05, 4.69) is 35.0 Å². The van der Waals surface area contributed by atoms with E-state index in [9.17, 15) is 14.4 Å². The highest BCUT2D eigenvalue weighted by Gasteiger charge is 2.29. The highest BCUT2D eigenvalue weighted by atomic mass is 16.5. The zero-order valence-corrected chi connectivity index (χ0v) is 24.8. The first-order valence-corrected chi connectivity index (χ1v) is 15.5. The molecule has 1 amide bonds. The lowest BCUT2D eigenvalue weighted by molar-refractivity contribution is -0.123. The number of benzene rings is 2. The predicted molar refractivity (Wildman–Crippen MR) is 166 cm³/mol. The van der Waals surface area contributed by atoms with Crippen molar-refractivity contribution >= 4 is 23.2 Å². The third-order valence-corrected chi connectivity index (χ3v) is 9.53. The maximum absolute atomic E-state index is 13.5. The van der Waals surface area contributed by atoms with Crippen molar-refractivity contribution in [2.75, 3.05) is 36.5 Å². The molecule has 3 aromatic rings. The summed E-state index contributed by atoms with van der Waals surface area (Å²) in [5.74, 6) is 2.43. The molecule has 3 aliphatic rings. The number of methoxy groups -OCH3 is 1. The number of hydrogen-bond donors (Lipinski definition) is 1. The summed E-state index contributed by atoms with van der Waals surface area (Å²) < 4.78 is 5.46. The highest BCUT2D eigenvalue weighted by molar-refractivity contribution is 6.07. The van der Waals surface area contributed by atoms with Crippen molar-refractivity contribution in [1.82, 2.24) is 4.98 Å². The lowest BCUT2D eigenvalue weighted by Gasteiger charge is -2.34. The van der Waals surface area contributed by atoms with Crippen LogP contribution in [0.25, 0.3) is 0 Å². The van der Waals surface area contributed by atoms with Gasteiger partial charge in [0.1, 0.15) is 17.4 Å².